The van der Waals surface area contributed by atoms with Gasteiger partial charge in [-0.05, 0) is 32.6 Å². The number of ether oxygens (including phenoxy) is 6. The average Bonchev–Trinajstić information content (AvgIpc) is 2.83. The van der Waals surface area contributed by atoms with Crippen molar-refractivity contribution in [3.63, 3.8) is 0 Å². The zero-order valence-corrected chi connectivity index (χ0v) is 22.6. The molecule has 0 amide bonds. The second kappa shape index (κ2) is 17.9. The fraction of sp³-hybridized carbons (Fsp3) is 1.00. The molecule has 1 rings (SSSR count). The van der Waals surface area contributed by atoms with Gasteiger partial charge in [0.25, 0.3) is 0 Å². The Labute approximate surface area is 211 Å². The van der Waals surface area contributed by atoms with Crippen LogP contribution in [0.3, 0.4) is 0 Å². The van der Waals surface area contributed by atoms with Gasteiger partial charge < -0.3 is 33.5 Å². The van der Waals surface area contributed by atoms with E-state index in [0.717, 1.165) is 44.9 Å². The minimum Gasteiger partial charge on any atom is -0.379 e. The minimum atomic E-state index is -3.85. The second-order valence-corrected chi connectivity index (χ2v) is 9.13. The van der Waals surface area contributed by atoms with Crippen LogP contribution in [0.15, 0.2) is 0 Å². The van der Waals surface area contributed by atoms with Crippen molar-refractivity contribution in [1.82, 2.24) is 0 Å². The lowest BCUT2D eigenvalue weighted by Gasteiger charge is -2.50. The Bertz CT molecular complexity index is 526. The lowest BCUT2D eigenvalue weighted by Crippen LogP contribution is -2.68. The largest absolute Gasteiger partial charge is 0.379 e. The Morgan fingerprint density at radius 2 is 1.46 bits per heavy atom. The highest BCUT2D eigenvalue weighted by atomic mass is 19.3. The molecule has 0 aliphatic carbocycles. The lowest BCUT2D eigenvalue weighted by atomic mass is 9.90. The van der Waals surface area contributed by atoms with Gasteiger partial charge in [-0.25, -0.2) is 0 Å². The summed E-state index contributed by atoms with van der Waals surface area (Å²) in [6.07, 6.45) is 1.76. The summed E-state index contributed by atoms with van der Waals surface area (Å²) in [6, 6.07) is 0. The molecule has 210 valence electrons. The minimum absolute atomic E-state index is 0.0530. The predicted molar refractivity (Wildman–Crippen MR) is 131 cm³/mol. The van der Waals surface area contributed by atoms with Crippen LogP contribution in [0, 0.1) is 0 Å². The predicted octanol–water partition coefficient (Wildman–Crippen LogP) is 5.47. The van der Waals surface area contributed by atoms with Gasteiger partial charge in [0.2, 0.25) is 12.1 Å². The van der Waals surface area contributed by atoms with Crippen LogP contribution >= 0.6 is 0 Å². The number of halogens is 2. The summed E-state index contributed by atoms with van der Waals surface area (Å²) in [5.74, 6) is -6.28. The van der Waals surface area contributed by atoms with Gasteiger partial charge in [0.1, 0.15) is 12.2 Å². The number of aliphatic hydroxyl groups excluding tert-OH is 1. The summed E-state index contributed by atoms with van der Waals surface area (Å²) in [5, 5.41) is 10.3. The van der Waals surface area contributed by atoms with Crippen molar-refractivity contribution in [1.29, 1.82) is 0 Å². The van der Waals surface area contributed by atoms with E-state index in [1.165, 1.54) is 0 Å². The zero-order chi connectivity index (χ0) is 26.2. The summed E-state index contributed by atoms with van der Waals surface area (Å²) in [7, 11) is 0. The van der Waals surface area contributed by atoms with Gasteiger partial charge in [0.15, 0.2) is 0 Å². The Morgan fingerprint density at radius 3 is 2.06 bits per heavy atom. The van der Waals surface area contributed by atoms with Crippen LogP contribution in [0.2, 0.25) is 0 Å². The summed E-state index contributed by atoms with van der Waals surface area (Å²) < 4.78 is 66.5. The molecule has 35 heavy (non-hydrogen) atoms. The molecule has 5 atom stereocenters. The van der Waals surface area contributed by atoms with Crippen LogP contribution in [-0.2, 0) is 28.4 Å². The molecule has 0 radical (unpaired) electrons. The van der Waals surface area contributed by atoms with Crippen LogP contribution in [0.5, 0.6) is 0 Å². The molecule has 0 spiro atoms. The van der Waals surface area contributed by atoms with E-state index in [4.69, 9.17) is 28.4 Å². The molecule has 1 aliphatic rings. The quantitative estimate of drug-likeness (QED) is 0.162. The van der Waals surface area contributed by atoms with E-state index in [9.17, 15) is 5.11 Å². The SMILES string of the molecule is CCCCOC[C@H]1O[C@@](OCCCC)(C(F)(F)C(O)OCC)C[C@@H](OCCCC)[C@H]1OCCCC. The first kappa shape index (κ1) is 32.6. The number of aliphatic hydroxyl groups is 1. The molecule has 0 bridgehead atoms. The zero-order valence-electron chi connectivity index (χ0n) is 22.6. The molecule has 0 aromatic carbocycles. The smallest absolute Gasteiger partial charge is 0.350 e. The third kappa shape index (κ3) is 10.1. The first-order valence-electron chi connectivity index (χ1n) is 13.6. The molecular formula is C26H50F2O7. The molecule has 1 N–H and O–H groups in total. The third-order valence-electron chi connectivity index (χ3n) is 6.08. The van der Waals surface area contributed by atoms with Gasteiger partial charge >= 0.3 is 5.92 Å². The van der Waals surface area contributed by atoms with E-state index < -0.39 is 36.3 Å². The van der Waals surface area contributed by atoms with E-state index in [1.807, 2.05) is 13.8 Å². The van der Waals surface area contributed by atoms with E-state index >= 15 is 8.78 Å². The monoisotopic (exact) mass is 512 g/mol. The fourth-order valence-corrected chi connectivity index (χ4v) is 3.90. The van der Waals surface area contributed by atoms with Crippen LogP contribution in [0.25, 0.3) is 0 Å². The summed E-state index contributed by atoms with van der Waals surface area (Å²) >= 11 is 0. The summed E-state index contributed by atoms with van der Waals surface area (Å²) in [4.78, 5) is 0. The summed E-state index contributed by atoms with van der Waals surface area (Å²) in [5.41, 5.74) is 0. The molecule has 1 heterocycles. The normalized spacial score (nSPS) is 26.2. The second-order valence-electron chi connectivity index (χ2n) is 9.13. The molecular weight excluding hydrogens is 462 g/mol. The standard InChI is InChI=1S/C26H50F2O7/c1-6-11-15-30-20-22-23(33-17-13-8-3)21(32-16-12-7-2)19-25(35-22,34-18-14-9-4)26(27,28)24(29)31-10-5/h21-24,29H,6-20H2,1-5H3/t21-,22-,23-,24?,25-/m1/s1. The van der Waals surface area contributed by atoms with Crippen LogP contribution in [0.4, 0.5) is 8.78 Å². The molecule has 0 saturated carbocycles. The maximum absolute atomic E-state index is 15.8. The van der Waals surface area contributed by atoms with Crippen molar-refractivity contribution in [2.75, 3.05) is 39.6 Å². The van der Waals surface area contributed by atoms with Gasteiger partial charge in [0, 0.05) is 32.8 Å². The summed E-state index contributed by atoms with van der Waals surface area (Å²) in [6.45, 7) is 11.0. The van der Waals surface area contributed by atoms with Crippen molar-refractivity contribution in [2.45, 2.75) is 129 Å². The maximum Gasteiger partial charge on any atom is 0.350 e. The maximum atomic E-state index is 15.8. The molecule has 1 saturated heterocycles. The Hall–Kier alpha value is -0.420. The highest BCUT2D eigenvalue weighted by Crippen LogP contribution is 2.46. The van der Waals surface area contributed by atoms with E-state index in [2.05, 4.69) is 13.8 Å². The molecule has 9 heteroatoms. The van der Waals surface area contributed by atoms with Crippen molar-refractivity contribution >= 4 is 0 Å². The Morgan fingerprint density at radius 1 is 0.886 bits per heavy atom. The number of unbranched alkanes of at least 4 members (excludes halogenated alkanes) is 4. The molecule has 7 nitrogen and oxygen atoms in total. The van der Waals surface area contributed by atoms with E-state index in [-0.39, 0.29) is 26.2 Å². The highest BCUT2D eigenvalue weighted by Gasteiger charge is 2.66. The molecule has 0 aromatic rings. The first-order chi connectivity index (χ1) is 16.8. The third-order valence-corrected chi connectivity index (χ3v) is 6.08. The topological polar surface area (TPSA) is 75.6 Å². The Balaban J connectivity index is 3.34. The van der Waals surface area contributed by atoms with Crippen LogP contribution in [0.1, 0.15) is 92.4 Å². The van der Waals surface area contributed by atoms with E-state index in [1.54, 1.807) is 6.92 Å². The number of hydrogen-bond acceptors (Lipinski definition) is 7. The first-order valence-corrected chi connectivity index (χ1v) is 13.6. The van der Waals surface area contributed by atoms with Gasteiger partial charge in [-0.3, -0.25) is 0 Å². The highest BCUT2D eigenvalue weighted by molar-refractivity contribution is 5.00. The Kier molecular flexibility index (Phi) is 16.7. The molecule has 0 aromatic heterocycles. The van der Waals surface area contributed by atoms with Crippen molar-refractivity contribution < 1.29 is 42.3 Å². The van der Waals surface area contributed by atoms with Crippen molar-refractivity contribution in [3.8, 4) is 0 Å². The lowest BCUT2D eigenvalue weighted by molar-refractivity contribution is -0.428. The van der Waals surface area contributed by atoms with Gasteiger partial charge in [-0.2, -0.15) is 8.78 Å². The van der Waals surface area contributed by atoms with Gasteiger partial charge in [-0.15, -0.1) is 0 Å². The van der Waals surface area contributed by atoms with Crippen molar-refractivity contribution in [3.05, 3.63) is 0 Å². The average molecular weight is 513 g/mol. The van der Waals surface area contributed by atoms with Gasteiger partial charge in [-0.1, -0.05) is 53.4 Å². The van der Waals surface area contributed by atoms with E-state index in [0.29, 0.717) is 26.2 Å². The van der Waals surface area contributed by atoms with Crippen LogP contribution in [-0.4, -0.2) is 81.1 Å². The number of rotatable bonds is 21. The molecule has 1 fully saturated rings. The number of hydrogen-bond donors (Lipinski definition) is 1. The molecule has 1 unspecified atom stereocenters. The number of alkyl halides is 2. The van der Waals surface area contributed by atoms with Gasteiger partial charge in [0.05, 0.1) is 19.3 Å². The van der Waals surface area contributed by atoms with Crippen LogP contribution < -0.4 is 0 Å². The molecule has 1 aliphatic heterocycles. The fourth-order valence-electron chi connectivity index (χ4n) is 3.90. The van der Waals surface area contributed by atoms with Crippen molar-refractivity contribution in [2.24, 2.45) is 0 Å².